The molecule has 1 fully saturated rings. The molecule has 0 bridgehead atoms. The standard InChI is InChI=1S/C19H30F2N4O2.HI/c1-2-22-19(23-8-3-10-25-11-6-16(26)7-12-25)24-9-13-27-18-5-4-15(20)14-17(18)21;/h4-5,14,16,26H,2-3,6-13H2,1H3,(H2,22,23,24);1H. The number of guanidine groups is 1. The number of hydrogen-bond acceptors (Lipinski definition) is 4. The Hall–Kier alpha value is -1.20. The summed E-state index contributed by atoms with van der Waals surface area (Å²) in [4.78, 5) is 6.88. The van der Waals surface area contributed by atoms with E-state index < -0.39 is 11.6 Å². The van der Waals surface area contributed by atoms with Crippen molar-refractivity contribution in [3.05, 3.63) is 29.8 Å². The number of aliphatic hydroxyl groups is 1. The highest BCUT2D eigenvalue weighted by atomic mass is 127. The molecule has 1 heterocycles. The zero-order valence-corrected chi connectivity index (χ0v) is 18.6. The molecule has 2 rings (SSSR count). The molecule has 1 saturated heterocycles. The summed E-state index contributed by atoms with van der Waals surface area (Å²) in [7, 11) is 0. The maximum absolute atomic E-state index is 13.5. The molecule has 0 aromatic heterocycles. The Morgan fingerprint density at radius 3 is 2.71 bits per heavy atom. The van der Waals surface area contributed by atoms with E-state index in [0.29, 0.717) is 19.0 Å². The molecule has 0 aliphatic carbocycles. The quantitative estimate of drug-likeness (QED) is 0.205. The predicted octanol–water partition coefficient (Wildman–Crippen LogP) is 2.36. The minimum Gasteiger partial charge on any atom is -0.489 e. The van der Waals surface area contributed by atoms with Crippen molar-refractivity contribution in [3.8, 4) is 5.75 Å². The van der Waals surface area contributed by atoms with Crippen LogP contribution in [-0.4, -0.2) is 67.9 Å². The number of nitrogens with one attached hydrogen (secondary N) is 2. The summed E-state index contributed by atoms with van der Waals surface area (Å²) < 4.78 is 31.7. The molecule has 1 aliphatic heterocycles. The Morgan fingerprint density at radius 2 is 2.04 bits per heavy atom. The predicted molar refractivity (Wildman–Crippen MR) is 118 cm³/mol. The molecule has 0 amide bonds. The highest BCUT2D eigenvalue weighted by Crippen LogP contribution is 2.17. The van der Waals surface area contributed by atoms with Crippen molar-refractivity contribution in [1.82, 2.24) is 15.5 Å². The Bertz CT molecular complexity index is 599. The molecule has 0 spiro atoms. The van der Waals surface area contributed by atoms with Gasteiger partial charge in [-0.25, -0.2) is 8.78 Å². The van der Waals surface area contributed by atoms with E-state index in [9.17, 15) is 13.9 Å². The van der Waals surface area contributed by atoms with E-state index in [0.717, 1.165) is 51.5 Å². The van der Waals surface area contributed by atoms with Gasteiger partial charge >= 0.3 is 0 Å². The zero-order valence-electron chi connectivity index (χ0n) is 16.3. The molecule has 0 radical (unpaired) electrons. The van der Waals surface area contributed by atoms with Gasteiger partial charge in [-0.15, -0.1) is 24.0 Å². The highest BCUT2D eigenvalue weighted by molar-refractivity contribution is 14.0. The molecule has 1 aromatic rings. The summed E-state index contributed by atoms with van der Waals surface area (Å²) in [5, 5.41) is 15.8. The molecule has 160 valence electrons. The molecule has 0 atom stereocenters. The number of halogens is 3. The summed E-state index contributed by atoms with van der Waals surface area (Å²) in [6.07, 6.45) is 2.50. The maximum Gasteiger partial charge on any atom is 0.191 e. The fourth-order valence-electron chi connectivity index (χ4n) is 2.89. The van der Waals surface area contributed by atoms with Gasteiger partial charge in [0.2, 0.25) is 0 Å². The molecule has 0 saturated carbocycles. The van der Waals surface area contributed by atoms with Crippen LogP contribution in [-0.2, 0) is 0 Å². The molecule has 0 unspecified atom stereocenters. The van der Waals surface area contributed by atoms with Crippen LogP contribution in [0.25, 0.3) is 0 Å². The topological polar surface area (TPSA) is 69.1 Å². The lowest BCUT2D eigenvalue weighted by atomic mass is 10.1. The van der Waals surface area contributed by atoms with Gasteiger partial charge in [0.15, 0.2) is 17.5 Å². The second-order valence-corrected chi connectivity index (χ2v) is 6.54. The molecule has 1 aliphatic rings. The third kappa shape index (κ3) is 9.33. The number of likely N-dealkylation sites (tertiary alicyclic amines) is 1. The summed E-state index contributed by atoms with van der Waals surface area (Å²) >= 11 is 0. The summed E-state index contributed by atoms with van der Waals surface area (Å²) in [5.41, 5.74) is 0. The van der Waals surface area contributed by atoms with Crippen molar-refractivity contribution < 1.29 is 18.6 Å². The lowest BCUT2D eigenvalue weighted by molar-refractivity contribution is 0.0824. The van der Waals surface area contributed by atoms with Crippen LogP contribution < -0.4 is 15.4 Å². The number of hydrogen-bond donors (Lipinski definition) is 3. The van der Waals surface area contributed by atoms with Crippen molar-refractivity contribution in [2.45, 2.75) is 32.3 Å². The van der Waals surface area contributed by atoms with Crippen molar-refractivity contribution in [2.24, 2.45) is 4.99 Å². The van der Waals surface area contributed by atoms with Gasteiger partial charge in [0.05, 0.1) is 12.6 Å². The van der Waals surface area contributed by atoms with Crippen LogP contribution >= 0.6 is 24.0 Å². The molecular formula is C19H31F2IN4O2. The average Bonchev–Trinajstić information content (AvgIpc) is 2.65. The number of piperidine rings is 1. The van der Waals surface area contributed by atoms with Gasteiger partial charge in [-0.1, -0.05) is 0 Å². The molecule has 1 aromatic carbocycles. The number of benzene rings is 1. The van der Waals surface area contributed by atoms with Gasteiger partial charge in [-0.3, -0.25) is 4.99 Å². The van der Waals surface area contributed by atoms with Crippen molar-refractivity contribution in [2.75, 3.05) is 45.9 Å². The third-order valence-corrected chi connectivity index (χ3v) is 4.35. The zero-order chi connectivity index (χ0) is 19.5. The van der Waals surface area contributed by atoms with Crippen LogP contribution in [0.3, 0.4) is 0 Å². The fourth-order valence-corrected chi connectivity index (χ4v) is 2.89. The lowest BCUT2D eigenvalue weighted by Gasteiger charge is -2.29. The van der Waals surface area contributed by atoms with Crippen molar-refractivity contribution in [1.29, 1.82) is 0 Å². The van der Waals surface area contributed by atoms with E-state index >= 15 is 0 Å². The number of ether oxygens (including phenoxy) is 1. The van der Waals surface area contributed by atoms with Gasteiger partial charge in [-0.05, 0) is 44.9 Å². The van der Waals surface area contributed by atoms with Crippen LogP contribution in [0.2, 0.25) is 0 Å². The van der Waals surface area contributed by atoms with Crippen LogP contribution in [0.15, 0.2) is 23.2 Å². The Labute approximate surface area is 182 Å². The van der Waals surface area contributed by atoms with E-state index in [1.807, 2.05) is 6.92 Å². The molecule has 9 heteroatoms. The van der Waals surface area contributed by atoms with Gasteiger partial charge in [0.1, 0.15) is 12.4 Å². The van der Waals surface area contributed by atoms with Crippen molar-refractivity contribution >= 4 is 29.9 Å². The van der Waals surface area contributed by atoms with E-state index in [2.05, 4.69) is 20.5 Å². The molecule has 28 heavy (non-hydrogen) atoms. The minimum absolute atomic E-state index is 0. The van der Waals surface area contributed by atoms with Crippen LogP contribution in [0.4, 0.5) is 8.78 Å². The molecule has 6 nitrogen and oxygen atoms in total. The second-order valence-electron chi connectivity index (χ2n) is 6.54. The molecular weight excluding hydrogens is 481 g/mol. The van der Waals surface area contributed by atoms with E-state index in [1.165, 1.54) is 12.1 Å². The normalized spacial score (nSPS) is 15.8. The average molecular weight is 512 g/mol. The van der Waals surface area contributed by atoms with Gasteiger partial charge in [-0.2, -0.15) is 0 Å². The SMILES string of the molecule is CCNC(=NCCCN1CCC(O)CC1)NCCOc1ccc(F)cc1F.I. The van der Waals surface area contributed by atoms with Gasteiger partial charge < -0.3 is 25.4 Å². The first-order valence-electron chi connectivity index (χ1n) is 9.59. The first-order valence-corrected chi connectivity index (χ1v) is 9.59. The smallest absolute Gasteiger partial charge is 0.191 e. The number of aliphatic hydroxyl groups excluding tert-OH is 1. The number of nitrogens with zero attached hydrogens (tertiary/aromatic N) is 2. The monoisotopic (exact) mass is 512 g/mol. The largest absolute Gasteiger partial charge is 0.489 e. The maximum atomic E-state index is 13.5. The van der Waals surface area contributed by atoms with Gasteiger partial charge in [0, 0.05) is 32.2 Å². The van der Waals surface area contributed by atoms with E-state index in [-0.39, 0.29) is 42.4 Å². The fraction of sp³-hybridized carbons (Fsp3) is 0.632. The van der Waals surface area contributed by atoms with Gasteiger partial charge in [0.25, 0.3) is 0 Å². The first kappa shape index (κ1) is 24.8. The third-order valence-electron chi connectivity index (χ3n) is 4.35. The van der Waals surface area contributed by atoms with Crippen LogP contribution in [0.1, 0.15) is 26.2 Å². The Kier molecular flexibility index (Phi) is 12.3. The summed E-state index contributed by atoms with van der Waals surface area (Å²) in [6, 6.07) is 3.25. The highest BCUT2D eigenvalue weighted by Gasteiger charge is 2.15. The van der Waals surface area contributed by atoms with Crippen LogP contribution in [0.5, 0.6) is 5.75 Å². The van der Waals surface area contributed by atoms with E-state index in [4.69, 9.17) is 4.74 Å². The lowest BCUT2D eigenvalue weighted by Crippen LogP contribution is -2.39. The minimum atomic E-state index is -0.708. The number of aliphatic imine (C=N–C) groups is 1. The summed E-state index contributed by atoms with van der Waals surface area (Å²) in [6.45, 7) is 6.98. The number of rotatable bonds is 9. The molecule has 3 N–H and O–H groups in total. The first-order chi connectivity index (χ1) is 13.1. The Balaban J connectivity index is 0.00000392. The Morgan fingerprint density at radius 1 is 1.29 bits per heavy atom. The van der Waals surface area contributed by atoms with Crippen molar-refractivity contribution in [3.63, 3.8) is 0 Å². The van der Waals surface area contributed by atoms with E-state index in [1.54, 1.807) is 0 Å². The summed E-state index contributed by atoms with van der Waals surface area (Å²) in [5.74, 6) is -0.609. The second kappa shape index (κ2) is 13.9. The van der Waals surface area contributed by atoms with Crippen LogP contribution in [0, 0.1) is 11.6 Å².